The van der Waals surface area contributed by atoms with Crippen LogP contribution in [-0.2, 0) is 4.74 Å². The second kappa shape index (κ2) is 48.4. The van der Waals surface area contributed by atoms with E-state index in [1.54, 1.807) is 0 Å². The zero-order valence-corrected chi connectivity index (χ0v) is 34.1. The van der Waals surface area contributed by atoms with E-state index < -0.39 is 5.54 Å². The molecule has 22 N–H and O–H groups in total. The Bertz CT molecular complexity index is 576. The minimum absolute atomic E-state index is 0.0417. The van der Waals surface area contributed by atoms with Crippen molar-refractivity contribution in [1.82, 2.24) is 0 Å². The van der Waals surface area contributed by atoms with Crippen LogP contribution in [0.5, 0.6) is 0 Å². The first-order chi connectivity index (χ1) is 24.5. The summed E-state index contributed by atoms with van der Waals surface area (Å²) < 4.78 is 4.76. The summed E-state index contributed by atoms with van der Waals surface area (Å²) in [5.41, 5.74) is 36.2. The summed E-state index contributed by atoms with van der Waals surface area (Å²) >= 11 is 0. The fourth-order valence-corrected chi connectivity index (χ4v) is 3.08. The minimum Gasteiger partial charge on any atom is -0.396 e. The third-order valence-electron chi connectivity index (χ3n) is 7.77. The van der Waals surface area contributed by atoms with Crippen molar-refractivity contribution in [3.05, 3.63) is 0 Å². The molecule has 1 aliphatic carbocycles. The van der Waals surface area contributed by atoms with Gasteiger partial charge in [-0.1, -0.05) is 60.3 Å². The molecule has 0 heterocycles. The number of aliphatic hydroxyl groups is 8. The van der Waals surface area contributed by atoms with Crippen LogP contribution in [0, 0.1) is 11.3 Å². The van der Waals surface area contributed by atoms with E-state index in [1.807, 2.05) is 34.6 Å². The van der Waals surface area contributed by atoms with Crippen LogP contribution in [0.2, 0.25) is 0 Å². The standard InChI is InChI=1S/C6H13NO.C6H15NO.C5H13NO2.3C5H13NO.C4H11NO2/c7-6(5-8)3-1-2-4-6;7-5-3-1-2-4-6-8;1-2-5(6,3-7)4-8;1-5(2,3-6)4-7;1-4(2)5(6)3-7;6-4-2-1-3-5-7;5-1-3-7-4-2-6/h8H,1-5,7H2;8H,1-7H2;7-8H,2-4,6H2,1H3;7H,3-4,6H2,1-2H3;4-5,7H,3,6H2,1-2H3;7H,1-6H2;6H,1-5H2. The maximum atomic E-state index is 8.70. The van der Waals surface area contributed by atoms with Crippen molar-refractivity contribution in [3.8, 4) is 0 Å². The van der Waals surface area contributed by atoms with Gasteiger partial charge in [-0.3, -0.25) is 0 Å². The topological polar surface area (TPSA) is 353 Å². The van der Waals surface area contributed by atoms with E-state index in [1.165, 1.54) is 12.8 Å². The molecule has 0 bridgehead atoms. The number of hydrogen-bond acceptors (Lipinski definition) is 16. The molecule has 1 fully saturated rings. The Morgan fingerprint density at radius 3 is 1.29 bits per heavy atom. The number of rotatable bonds is 21. The number of nitrogens with two attached hydrogens (primary N) is 7. The molecule has 0 aromatic heterocycles. The van der Waals surface area contributed by atoms with Crippen molar-refractivity contribution in [3.63, 3.8) is 0 Å². The van der Waals surface area contributed by atoms with Crippen molar-refractivity contribution in [2.45, 2.75) is 129 Å². The fourth-order valence-electron chi connectivity index (χ4n) is 3.08. The van der Waals surface area contributed by atoms with Crippen molar-refractivity contribution in [2.75, 3.05) is 92.2 Å². The van der Waals surface area contributed by atoms with Crippen LogP contribution in [-0.4, -0.2) is 150 Å². The number of ether oxygens (including phenoxy) is 1. The molecule has 52 heavy (non-hydrogen) atoms. The van der Waals surface area contributed by atoms with Crippen molar-refractivity contribution < 1.29 is 45.6 Å². The molecule has 324 valence electrons. The van der Waals surface area contributed by atoms with Gasteiger partial charge in [-0.2, -0.15) is 0 Å². The minimum atomic E-state index is -0.764. The molecule has 0 spiro atoms. The summed E-state index contributed by atoms with van der Waals surface area (Å²) in [5.74, 6) is 0.394. The molecule has 0 aromatic carbocycles. The highest BCUT2D eigenvalue weighted by atomic mass is 16.5. The normalized spacial score (nSPS) is 13.6. The lowest BCUT2D eigenvalue weighted by atomic mass is 9.96. The Labute approximate surface area is 317 Å². The van der Waals surface area contributed by atoms with Crippen molar-refractivity contribution in [1.29, 1.82) is 0 Å². The van der Waals surface area contributed by atoms with E-state index in [0.29, 0.717) is 51.9 Å². The Balaban J connectivity index is -0.000000119. The molecule has 16 nitrogen and oxygen atoms in total. The predicted molar refractivity (Wildman–Crippen MR) is 215 cm³/mol. The summed E-state index contributed by atoms with van der Waals surface area (Å²) in [7, 11) is 0. The summed E-state index contributed by atoms with van der Waals surface area (Å²) in [6.07, 6.45) is 12.3. The quantitative estimate of drug-likeness (QED) is 0.0611. The van der Waals surface area contributed by atoms with Gasteiger partial charge in [0.25, 0.3) is 0 Å². The monoisotopic (exact) mass is 766 g/mol. The van der Waals surface area contributed by atoms with Gasteiger partial charge in [0.05, 0.1) is 51.8 Å². The zero-order chi connectivity index (χ0) is 41.7. The molecule has 1 saturated carbocycles. The molecular formula is C36H91N7O9. The highest BCUT2D eigenvalue weighted by Crippen LogP contribution is 2.25. The van der Waals surface area contributed by atoms with Crippen LogP contribution in [0.25, 0.3) is 0 Å². The summed E-state index contributed by atoms with van der Waals surface area (Å²) in [6, 6.07) is -0.0417. The third-order valence-corrected chi connectivity index (χ3v) is 7.77. The predicted octanol–water partition coefficient (Wildman–Crippen LogP) is -1.19. The lowest BCUT2D eigenvalue weighted by molar-refractivity contribution is 0.0976. The molecule has 1 unspecified atom stereocenters. The van der Waals surface area contributed by atoms with Crippen LogP contribution in [0.1, 0.15) is 112 Å². The molecule has 16 heteroatoms. The van der Waals surface area contributed by atoms with Crippen molar-refractivity contribution in [2.24, 2.45) is 51.5 Å². The smallest absolute Gasteiger partial charge is 0.0698 e. The van der Waals surface area contributed by atoms with Gasteiger partial charge >= 0.3 is 0 Å². The van der Waals surface area contributed by atoms with Gasteiger partial charge in [0, 0.05) is 43.4 Å². The summed E-state index contributed by atoms with van der Waals surface area (Å²) in [4.78, 5) is 0. The zero-order valence-electron chi connectivity index (χ0n) is 34.1. The SMILES string of the molecule is CC(C)(CN)CO.CC(C)C(N)CO.CCC(N)(CO)CO.NC1(CO)CCCC1.NCCCCCCO.NCCCCCO.NCCOCCO. The van der Waals surface area contributed by atoms with E-state index in [4.69, 9.17) is 85.7 Å². The first-order valence-corrected chi connectivity index (χ1v) is 19.1. The maximum absolute atomic E-state index is 8.70. The molecule has 0 aromatic rings. The Hall–Kier alpha value is -0.640. The molecule has 0 amide bonds. The van der Waals surface area contributed by atoms with Crippen molar-refractivity contribution >= 4 is 0 Å². The average Bonchev–Trinajstić information content (AvgIpc) is 3.61. The van der Waals surface area contributed by atoms with E-state index in [2.05, 4.69) is 0 Å². The molecule has 1 aliphatic rings. The second-order valence-corrected chi connectivity index (χ2v) is 14.0. The van der Waals surface area contributed by atoms with Crippen LogP contribution in [0.15, 0.2) is 0 Å². The number of aliphatic hydroxyl groups excluding tert-OH is 8. The Morgan fingerprint density at radius 2 is 1.10 bits per heavy atom. The molecule has 0 saturated heterocycles. The molecule has 1 rings (SSSR count). The number of hydrogen-bond donors (Lipinski definition) is 15. The maximum Gasteiger partial charge on any atom is 0.0698 e. The third kappa shape index (κ3) is 56.1. The van der Waals surface area contributed by atoms with Crippen LogP contribution in [0.3, 0.4) is 0 Å². The van der Waals surface area contributed by atoms with Gasteiger partial charge in [-0.25, -0.2) is 0 Å². The Morgan fingerprint density at radius 1 is 0.654 bits per heavy atom. The Kier molecular flexibility index (Phi) is 58.9. The molecule has 0 radical (unpaired) electrons. The summed E-state index contributed by atoms with van der Waals surface area (Å²) in [6.45, 7) is 14.0. The lowest BCUT2D eigenvalue weighted by Crippen LogP contribution is -2.46. The van der Waals surface area contributed by atoms with Crippen LogP contribution < -0.4 is 40.1 Å². The lowest BCUT2D eigenvalue weighted by Gasteiger charge is -2.21. The van der Waals surface area contributed by atoms with Crippen LogP contribution >= 0.6 is 0 Å². The summed E-state index contributed by atoms with van der Waals surface area (Å²) in [5, 5.41) is 67.3. The largest absolute Gasteiger partial charge is 0.396 e. The average molecular weight is 766 g/mol. The van der Waals surface area contributed by atoms with Gasteiger partial charge in [-0.05, 0) is 76.9 Å². The molecule has 0 aliphatic heterocycles. The van der Waals surface area contributed by atoms with Gasteiger partial charge < -0.3 is 85.7 Å². The van der Waals surface area contributed by atoms with Gasteiger partial charge in [-0.15, -0.1) is 0 Å². The van der Waals surface area contributed by atoms with E-state index in [-0.39, 0.29) is 56.6 Å². The second-order valence-electron chi connectivity index (χ2n) is 14.0. The van der Waals surface area contributed by atoms with E-state index in [0.717, 1.165) is 70.9 Å². The fraction of sp³-hybridized carbons (Fsp3) is 1.00. The van der Waals surface area contributed by atoms with Crippen LogP contribution in [0.4, 0.5) is 0 Å². The highest BCUT2D eigenvalue weighted by Gasteiger charge is 2.27. The molecular weight excluding hydrogens is 674 g/mol. The highest BCUT2D eigenvalue weighted by molar-refractivity contribution is 4.88. The number of unbranched alkanes of at least 4 members (excludes halogenated alkanes) is 5. The van der Waals surface area contributed by atoms with Gasteiger partial charge in [0.2, 0.25) is 0 Å². The first kappa shape index (κ1) is 63.3. The van der Waals surface area contributed by atoms with Gasteiger partial charge in [0.1, 0.15) is 0 Å². The first-order valence-electron chi connectivity index (χ1n) is 19.1. The van der Waals surface area contributed by atoms with E-state index in [9.17, 15) is 0 Å². The van der Waals surface area contributed by atoms with E-state index >= 15 is 0 Å². The molecule has 1 atom stereocenters. The van der Waals surface area contributed by atoms with Gasteiger partial charge in [0.15, 0.2) is 0 Å².